The van der Waals surface area contributed by atoms with Crippen molar-refractivity contribution >= 4 is 23.1 Å². The molecule has 1 N–H and O–H groups in total. The number of nitrogens with zero attached hydrogens (tertiary/aromatic N) is 4. The van der Waals surface area contributed by atoms with Crippen LogP contribution in [0.3, 0.4) is 0 Å². The lowest BCUT2D eigenvalue weighted by Crippen LogP contribution is -2.32. The highest BCUT2D eigenvalue weighted by Crippen LogP contribution is 2.20. The van der Waals surface area contributed by atoms with Crippen molar-refractivity contribution in [3.63, 3.8) is 0 Å². The second kappa shape index (κ2) is 4.49. The Balaban J connectivity index is 2.36. The van der Waals surface area contributed by atoms with Gasteiger partial charge in [-0.15, -0.1) is 21.8 Å². The molecule has 0 aliphatic rings. The van der Waals surface area contributed by atoms with Crippen molar-refractivity contribution in [3.8, 4) is 0 Å². The van der Waals surface area contributed by atoms with Crippen LogP contribution < -0.4 is 5.32 Å². The molecule has 0 unspecified atom stereocenters. The first-order chi connectivity index (χ1) is 8.03. The number of hydrogen-bond acceptors (Lipinski definition) is 4. The molecule has 17 heavy (non-hydrogen) atoms. The summed E-state index contributed by atoms with van der Waals surface area (Å²) in [5, 5.41) is 11.5. The first-order valence-electron chi connectivity index (χ1n) is 5.54. The van der Waals surface area contributed by atoms with E-state index in [0.717, 1.165) is 23.7 Å². The Morgan fingerprint density at radius 2 is 2.18 bits per heavy atom. The smallest absolute Gasteiger partial charge is 0.203 e. The van der Waals surface area contributed by atoms with Gasteiger partial charge in [0.05, 0.1) is 0 Å². The maximum absolute atomic E-state index is 5.78. The zero-order valence-electron chi connectivity index (χ0n) is 10.2. The first-order valence-corrected chi connectivity index (χ1v) is 6.07. The fourth-order valence-electron chi connectivity index (χ4n) is 1.65. The van der Waals surface area contributed by atoms with Gasteiger partial charge in [0, 0.05) is 23.8 Å². The van der Waals surface area contributed by atoms with Crippen LogP contribution in [0, 0.1) is 6.92 Å². The minimum Gasteiger partial charge on any atom is -0.362 e. The molecule has 0 saturated carbocycles. The van der Waals surface area contributed by atoms with E-state index in [1.165, 1.54) is 0 Å². The van der Waals surface area contributed by atoms with E-state index in [-0.39, 0.29) is 5.54 Å². The van der Waals surface area contributed by atoms with E-state index in [0.29, 0.717) is 5.88 Å². The molecule has 6 heteroatoms. The summed E-state index contributed by atoms with van der Waals surface area (Å²) in [5.74, 6) is 2.19. The Labute approximate surface area is 105 Å². The second-order valence-electron chi connectivity index (χ2n) is 4.66. The van der Waals surface area contributed by atoms with E-state index in [2.05, 4.69) is 34.3 Å². The van der Waals surface area contributed by atoms with Crippen molar-refractivity contribution in [2.45, 2.75) is 32.7 Å². The van der Waals surface area contributed by atoms with Gasteiger partial charge < -0.3 is 5.32 Å². The van der Waals surface area contributed by atoms with Crippen LogP contribution in [0.25, 0.3) is 5.65 Å². The van der Waals surface area contributed by atoms with Crippen LogP contribution in [0.15, 0.2) is 12.4 Å². The molecule has 0 spiro atoms. The lowest BCUT2D eigenvalue weighted by molar-refractivity contribution is 0.548. The summed E-state index contributed by atoms with van der Waals surface area (Å²) in [7, 11) is 0. The molecule has 5 nitrogen and oxygen atoms in total. The molecule has 0 aliphatic carbocycles. The number of halogens is 1. The van der Waals surface area contributed by atoms with Crippen LogP contribution in [0.1, 0.15) is 26.1 Å². The maximum atomic E-state index is 5.78. The quantitative estimate of drug-likeness (QED) is 0.850. The minimum atomic E-state index is -0.115. The lowest BCUT2D eigenvalue weighted by Gasteiger charge is -2.25. The monoisotopic (exact) mass is 253 g/mol. The standard InChI is InChI=1S/C11H16ClN5/c1-8-15-16-10-9(13-6-7-17(8)10)14-11(2,3)4-5-12/h6-7H,4-5H2,1-3H3,(H,13,14). The number of aryl methyl sites for hydroxylation is 1. The minimum absolute atomic E-state index is 0.115. The summed E-state index contributed by atoms with van der Waals surface area (Å²) in [6, 6.07) is 0. The predicted molar refractivity (Wildman–Crippen MR) is 68.6 cm³/mol. The van der Waals surface area contributed by atoms with Crippen molar-refractivity contribution in [3.05, 3.63) is 18.2 Å². The van der Waals surface area contributed by atoms with Gasteiger partial charge in [0.2, 0.25) is 5.65 Å². The normalized spacial score (nSPS) is 12.0. The zero-order chi connectivity index (χ0) is 12.5. The van der Waals surface area contributed by atoms with Crippen LogP contribution >= 0.6 is 11.6 Å². The Kier molecular flexibility index (Phi) is 3.19. The molecule has 0 atom stereocenters. The van der Waals surface area contributed by atoms with E-state index in [1.54, 1.807) is 6.20 Å². The molecule has 92 valence electrons. The molecule has 0 radical (unpaired) electrons. The summed E-state index contributed by atoms with van der Waals surface area (Å²) < 4.78 is 1.91. The number of rotatable bonds is 4. The van der Waals surface area contributed by atoms with E-state index in [4.69, 9.17) is 11.6 Å². The molecule has 2 rings (SSSR count). The van der Waals surface area contributed by atoms with Crippen LogP contribution in [-0.2, 0) is 0 Å². The fourth-order valence-corrected chi connectivity index (χ4v) is 2.12. The molecule has 0 amide bonds. The summed E-state index contributed by atoms with van der Waals surface area (Å²) in [6.45, 7) is 6.08. The number of fused-ring (bicyclic) bond motifs is 1. The average Bonchev–Trinajstić information content (AvgIpc) is 2.61. The average molecular weight is 254 g/mol. The van der Waals surface area contributed by atoms with Gasteiger partial charge in [-0.05, 0) is 27.2 Å². The Bertz CT molecular complexity index is 520. The Morgan fingerprint density at radius 3 is 2.88 bits per heavy atom. The van der Waals surface area contributed by atoms with Crippen LogP contribution in [-0.4, -0.2) is 31.0 Å². The van der Waals surface area contributed by atoms with Gasteiger partial charge in [0.15, 0.2) is 5.82 Å². The second-order valence-corrected chi connectivity index (χ2v) is 5.04. The van der Waals surface area contributed by atoms with Crippen LogP contribution in [0.4, 0.5) is 5.82 Å². The van der Waals surface area contributed by atoms with Crippen molar-refractivity contribution < 1.29 is 0 Å². The van der Waals surface area contributed by atoms with Gasteiger partial charge in [0.25, 0.3) is 0 Å². The molecular weight excluding hydrogens is 238 g/mol. The largest absolute Gasteiger partial charge is 0.362 e. The molecule has 0 saturated heterocycles. The molecular formula is C11H16ClN5. The van der Waals surface area contributed by atoms with Crippen LogP contribution in [0.2, 0.25) is 0 Å². The highest BCUT2D eigenvalue weighted by molar-refractivity contribution is 6.17. The van der Waals surface area contributed by atoms with Gasteiger partial charge in [-0.3, -0.25) is 4.40 Å². The first kappa shape index (κ1) is 12.1. The molecule has 0 aliphatic heterocycles. The van der Waals surface area contributed by atoms with E-state index >= 15 is 0 Å². The van der Waals surface area contributed by atoms with Gasteiger partial charge in [-0.25, -0.2) is 4.98 Å². The summed E-state index contributed by atoms with van der Waals surface area (Å²) in [4.78, 5) is 4.31. The maximum Gasteiger partial charge on any atom is 0.203 e. The third-order valence-electron chi connectivity index (χ3n) is 2.67. The summed E-state index contributed by atoms with van der Waals surface area (Å²) in [5.41, 5.74) is 0.629. The van der Waals surface area contributed by atoms with Gasteiger partial charge in [0.1, 0.15) is 5.82 Å². The van der Waals surface area contributed by atoms with E-state index in [1.807, 2.05) is 17.5 Å². The molecule has 0 aromatic carbocycles. The van der Waals surface area contributed by atoms with Crippen LogP contribution in [0.5, 0.6) is 0 Å². The molecule has 2 heterocycles. The van der Waals surface area contributed by atoms with Gasteiger partial charge in [-0.1, -0.05) is 0 Å². The third kappa shape index (κ3) is 2.49. The number of nitrogens with one attached hydrogen (secondary N) is 1. The number of hydrogen-bond donors (Lipinski definition) is 1. The number of anilines is 1. The topological polar surface area (TPSA) is 55.1 Å². The zero-order valence-corrected chi connectivity index (χ0v) is 11.0. The Morgan fingerprint density at radius 1 is 1.41 bits per heavy atom. The molecule has 2 aromatic heterocycles. The third-order valence-corrected chi connectivity index (χ3v) is 2.86. The molecule has 2 aromatic rings. The highest BCUT2D eigenvalue weighted by Gasteiger charge is 2.19. The SMILES string of the molecule is Cc1nnc2c(NC(C)(C)CCCl)nccn12. The highest BCUT2D eigenvalue weighted by atomic mass is 35.5. The van der Waals surface area contributed by atoms with Gasteiger partial charge >= 0.3 is 0 Å². The van der Waals surface area contributed by atoms with Crippen molar-refractivity contribution in [2.75, 3.05) is 11.2 Å². The number of alkyl halides is 1. The van der Waals surface area contributed by atoms with Gasteiger partial charge in [-0.2, -0.15) is 0 Å². The molecule has 0 fully saturated rings. The Hall–Kier alpha value is -1.36. The summed E-state index contributed by atoms with van der Waals surface area (Å²) in [6.07, 6.45) is 4.44. The van der Waals surface area contributed by atoms with Crippen molar-refractivity contribution in [1.29, 1.82) is 0 Å². The van der Waals surface area contributed by atoms with Crippen molar-refractivity contribution in [1.82, 2.24) is 19.6 Å². The summed E-state index contributed by atoms with van der Waals surface area (Å²) >= 11 is 5.78. The fraction of sp³-hybridized carbons (Fsp3) is 0.545. The van der Waals surface area contributed by atoms with E-state index in [9.17, 15) is 0 Å². The van der Waals surface area contributed by atoms with Crippen molar-refractivity contribution in [2.24, 2.45) is 0 Å². The van der Waals surface area contributed by atoms with E-state index < -0.39 is 0 Å². The predicted octanol–water partition coefficient (Wildman–Crippen LogP) is 2.25. The lowest BCUT2D eigenvalue weighted by atomic mass is 10.0. The number of aromatic nitrogens is 4. The molecule has 0 bridgehead atoms.